The van der Waals surface area contributed by atoms with E-state index in [4.69, 9.17) is 9.47 Å². The predicted molar refractivity (Wildman–Crippen MR) is 179 cm³/mol. The molecule has 6 aliphatic rings. The molecule has 1 N–H and O–H groups in total. The van der Waals surface area contributed by atoms with Crippen molar-refractivity contribution in [3.63, 3.8) is 0 Å². The minimum atomic E-state index is -0.133. The molecular formula is C41H52O5. The SMILES string of the molecule is CCOc1cc2c(cc1[C@H](C)COc1cc3c(cc1O)CC[C@@H]1C3CC[C@]3(C)C(=O)CCC13)CC[C@@H]1C2CC[C@]2(C)C(=O)CCC12. The summed E-state index contributed by atoms with van der Waals surface area (Å²) in [6, 6.07) is 8.81. The highest BCUT2D eigenvalue weighted by molar-refractivity contribution is 5.87. The summed E-state index contributed by atoms with van der Waals surface area (Å²) in [6.45, 7) is 9.80. The maximum absolute atomic E-state index is 12.8. The Kier molecular flexibility index (Phi) is 7.38. The third-order valence-electron chi connectivity index (χ3n) is 14.4. The quantitative estimate of drug-likeness (QED) is 0.348. The fraction of sp³-hybridized carbons (Fsp3) is 0.659. The van der Waals surface area contributed by atoms with Crippen LogP contribution in [-0.4, -0.2) is 29.9 Å². The van der Waals surface area contributed by atoms with Gasteiger partial charge in [0.15, 0.2) is 11.5 Å². The monoisotopic (exact) mass is 624 g/mol. The third-order valence-corrected chi connectivity index (χ3v) is 14.4. The van der Waals surface area contributed by atoms with Gasteiger partial charge in [0.2, 0.25) is 0 Å². The summed E-state index contributed by atoms with van der Waals surface area (Å²) in [7, 11) is 0. The molecule has 0 aliphatic heterocycles. The summed E-state index contributed by atoms with van der Waals surface area (Å²) < 4.78 is 12.8. The molecule has 246 valence electrons. The number of aromatic hydroxyl groups is 1. The number of ether oxygens (including phenoxy) is 2. The molecule has 5 nitrogen and oxygen atoms in total. The van der Waals surface area contributed by atoms with Crippen molar-refractivity contribution in [2.45, 2.75) is 122 Å². The number of ketones is 2. The Morgan fingerprint density at radius 1 is 0.739 bits per heavy atom. The minimum Gasteiger partial charge on any atom is -0.504 e. The summed E-state index contributed by atoms with van der Waals surface area (Å²) in [5.41, 5.74) is 6.43. The van der Waals surface area contributed by atoms with Crippen LogP contribution in [-0.2, 0) is 22.4 Å². The molecule has 4 fully saturated rings. The van der Waals surface area contributed by atoms with E-state index in [9.17, 15) is 14.7 Å². The maximum atomic E-state index is 12.8. The van der Waals surface area contributed by atoms with Crippen LogP contribution in [0, 0.1) is 34.5 Å². The van der Waals surface area contributed by atoms with E-state index >= 15 is 0 Å². The summed E-state index contributed by atoms with van der Waals surface area (Å²) >= 11 is 0. The largest absolute Gasteiger partial charge is 0.504 e. The van der Waals surface area contributed by atoms with Crippen LogP contribution in [0.4, 0.5) is 0 Å². The maximum Gasteiger partial charge on any atom is 0.161 e. The number of hydrogen-bond acceptors (Lipinski definition) is 5. The van der Waals surface area contributed by atoms with Gasteiger partial charge in [-0.2, -0.15) is 0 Å². The van der Waals surface area contributed by atoms with Crippen LogP contribution < -0.4 is 9.47 Å². The van der Waals surface area contributed by atoms with Gasteiger partial charge in [0.1, 0.15) is 17.3 Å². The molecule has 0 spiro atoms. The van der Waals surface area contributed by atoms with Crippen molar-refractivity contribution in [2.24, 2.45) is 34.5 Å². The predicted octanol–water partition coefficient (Wildman–Crippen LogP) is 8.82. The molecule has 8 rings (SSSR count). The number of phenolic OH excluding ortho intramolecular Hbond substituents is 1. The number of carbonyl (C=O) groups is 2. The molecular weight excluding hydrogens is 572 g/mol. The molecule has 0 radical (unpaired) electrons. The lowest BCUT2D eigenvalue weighted by Gasteiger charge is -2.48. The molecule has 4 saturated carbocycles. The van der Waals surface area contributed by atoms with Crippen molar-refractivity contribution in [3.05, 3.63) is 52.1 Å². The first-order valence-corrected chi connectivity index (χ1v) is 18.5. The van der Waals surface area contributed by atoms with Gasteiger partial charge in [-0.15, -0.1) is 0 Å². The number of carbonyl (C=O) groups excluding carboxylic acids is 2. The molecule has 46 heavy (non-hydrogen) atoms. The van der Waals surface area contributed by atoms with E-state index in [0.29, 0.717) is 66.0 Å². The van der Waals surface area contributed by atoms with Crippen LogP contribution in [0.25, 0.3) is 0 Å². The molecule has 0 saturated heterocycles. The molecule has 0 amide bonds. The molecule has 2 aromatic carbocycles. The van der Waals surface area contributed by atoms with E-state index < -0.39 is 0 Å². The Labute approximate surface area is 274 Å². The lowest BCUT2D eigenvalue weighted by molar-refractivity contribution is -0.130. The molecule has 5 heteroatoms. The number of hydrogen-bond donors (Lipinski definition) is 1. The standard InChI is InChI=1S/C41H52O5/c1-5-45-36-20-31-24(6-8-28-26(31)14-16-40(3)33(28)10-12-38(40)43)18-30(36)23(2)22-46-37-21-32-25(19-35(37)42)7-9-29-27(32)15-17-41(4)34(29)11-13-39(41)44/h18-21,23,26-29,33-34,42H,5-17,22H2,1-4H3/t23-,26?,27?,28-,29-,33?,34?,40+,41+/m1/s1. The van der Waals surface area contributed by atoms with Gasteiger partial charge in [-0.3, -0.25) is 9.59 Å². The smallest absolute Gasteiger partial charge is 0.161 e. The molecule has 6 aliphatic carbocycles. The van der Waals surface area contributed by atoms with E-state index in [2.05, 4.69) is 45.9 Å². The second-order valence-electron chi connectivity index (χ2n) is 16.4. The van der Waals surface area contributed by atoms with Gasteiger partial charge in [0.05, 0.1) is 13.2 Å². The van der Waals surface area contributed by atoms with E-state index in [1.807, 2.05) is 6.07 Å². The number of benzene rings is 2. The number of phenols is 1. The molecule has 9 atom stereocenters. The second kappa shape index (κ2) is 11.1. The van der Waals surface area contributed by atoms with Gasteiger partial charge in [0.25, 0.3) is 0 Å². The van der Waals surface area contributed by atoms with Gasteiger partial charge >= 0.3 is 0 Å². The van der Waals surface area contributed by atoms with Crippen LogP contribution >= 0.6 is 0 Å². The normalized spacial score (nSPS) is 36.5. The summed E-state index contributed by atoms with van der Waals surface area (Å²) in [5, 5.41) is 11.1. The molecule has 0 bridgehead atoms. The summed E-state index contributed by atoms with van der Waals surface area (Å²) in [6.07, 6.45) is 12.0. The zero-order valence-corrected chi connectivity index (χ0v) is 28.3. The van der Waals surface area contributed by atoms with Crippen molar-refractivity contribution in [1.82, 2.24) is 0 Å². The van der Waals surface area contributed by atoms with Crippen molar-refractivity contribution in [2.75, 3.05) is 13.2 Å². The van der Waals surface area contributed by atoms with Crippen LogP contribution in [0.1, 0.15) is 137 Å². The Morgan fingerprint density at radius 3 is 1.85 bits per heavy atom. The number of Topliss-reactive ketones (excluding diaryl/α,β-unsaturated/α-hetero) is 2. The summed E-state index contributed by atoms with van der Waals surface area (Å²) in [4.78, 5) is 25.6. The van der Waals surface area contributed by atoms with E-state index in [0.717, 1.165) is 76.4 Å². The topological polar surface area (TPSA) is 72.8 Å². The lowest BCUT2D eigenvalue weighted by Crippen LogP contribution is -2.42. The van der Waals surface area contributed by atoms with Crippen LogP contribution in [0.5, 0.6) is 17.2 Å². The average molecular weight is 625 g/mol. The van der Waals surface area contributed by atoms with Crippen molar-refractivity contribution < 1.29 is 24.2 Å². The van der Waals surface area contributed by atoms with Gasteiger partial charge in [-0.05, 0) is 147 Å². The Balaban J connectivity index is 1.02. The van der Waals surface area contributed by atoms with Crippen LogP contribution in [0.3, 0.4) is 0 Å². The van der Waals surface area contributed by atoms with Gasteiger partial charge in [0, 0.05) is 35.2 Å². The number of fused-ring (bicyclic) bond motifs is 10. The molecule has 0 heterocycles. The highest BCUT2D eigenvalue weighted by atomic mass is 16.5. The van der Waals surface area contributed by atoms with E-state index in [1.165, 1.54) is 34.2 Å². The first-order chi connectivity index (χ1) is 22.1. The average Bonchev–Trinajstić information content (AvgIpc) is 3.53. The minimum absolute atomic E-state index is 0.0924. The van der Waals surface area contributed by atoms with Crippen molar-refractivity contribution in [3.8, 4) is 17.2 Å². The van der Waals surface area contributed by atoms with Gasteiger partial charge in [-0.1, -0.05) is 26.8 Å². The Hall–Kier alpha value is -2.82. The Bertz CT molecular complexity index is 1570. The molecule has 2 aromatic rings. The van der Waals surface area contributed by atoms with Crippen molar-refractivity contribution >= 4 is 11.6 Å². The molecule has 4 unspecified atom stereocenters. The van der Waals surface area contributed by atoms with E-state index in [1.54, 1.807) is 0 Å². The first-order valence-electron chi connectivity index (χ1n) is 18.5. The lowest BCUT2D eigenvalue weighted by atomic mass is 9.55. The fourth-order valence-electron chi connectivity index (χ4n) is 11.8. The van der Waals surface area contributed by atoms with Crippen LogP contribution in [0.2, 0.25) is 0 Å². The van der Waals surface area contributed by atoms with E-state index in [-0.39, 0.29) is 22.5 Å². The van der Waals surface area contributed by atoms with Crippen LogP contribution in [0.15, 0.2) is 24.3 Å². The zero-order valence-electron chi connectivity index (χ0n) is 28.3. The number of rotatable bonds is 6. The molecule has 0 aromatic heterocycles. The summed E-state index contributed by atoms with van der Waals surface area (Å²) in [5.74, 6) is 5.96. The van der Waals surface area contributed by atoms with Crippen molar-refractivity contribution in [1.29, 1.82) is 0 Å². The number of aryl methyl sites for hydroxylation is 2. The zero-order chi connectivity index (χ0) is 32.0. The van der Waals surface area contributed by atoms with Gasteiger partial charge < -0.3 is 14.6 Å². The first kappa shape index (κ1) is 30.5. The highest BCUT2D eigenvalue weighted by Gasteiger charge is 2.56. The highest BCUT2D eigenvalue weighted by Crippen LogP contribution is 2.61. The Morgan fingerprint density at radius 2 is 1.28 bits per heavy atom. The third kappa shape index (κ3) is 4.53. The second-order valence-corrected chi connectivity index (χ2v) is 16.4. The van der Waals surface area contributed by atoms with Gasteiger partial charge in [-0.25, -0.2) is 0 Å². The fourth-order valence-corrected chi connectivity index (χ4v) is 11.8.